The van der Waals surface area contributed by atoms with Gasteiger partial charge in [0.2, 0.25) is 0 Å². The van der Waals surface area contributed by atoms with Gasteiger partial charge in [0.25, 0.3) is 0 Å². The summed E-state index contributed by atoms with van der Waals surface area (Å²) in [5, 5.41) is 3.73. The number of fused-ring (bicyclic) bond motifs is 1. The summed E-state index contributed by atoms with van der Waals surface area (Å²) < 4.78 is 11.7. The van der Waals surface area contributed by atoms with Gasteiger partial charge in [0.05, 0.1) is 12.2 Å². The molecule has 1 saturated carbocycles. The second kappa shape index (κ2) is 5.74. The fourth-order valence-electron chi connectivity index (χ4n) is 3.31. The van der Waals surface area contributed by atoms with E-state index in [0.717, 1.165) is 31.7 Å². The molecule has 0 spiro atoms. The minimum atomic E-state index is 0.0805. The zero-order valence-electron chi connectivity index (χ0n) is 12.6. The summed E-state index contributed by atoms with van der Waals surface area (Å²) in [6.07, 6.45) is 5.89. The van der Waals surface area contributed by atoms with Crippen molar-refractivity contribution < 1.29 is 9.47 Å². The van der Waals surface area contributed by atoms with Gasteiger partial charge in [-0.2, -0.15) is 0 Å². The quantitative estimate of drug-likeness (QED) is 0.914. The van der Waals surface area contributed by atoms with Crippen LogP contribution in [0.5, 0.6) is 5.75 Å². The number of methoxy groups -OCH3 is 1. The minimum absolute atomic E-state index is 0.0805. The largest absolute Gasteiger partial charge is 0.493 e. The van der Waals surface area contributed by atoms with Crippen LogP contribution in [0.1, 0.15) is 49.3 Å². The Labute approximate surface area is 121 Å². The molecule has 1 heterocycles. The average molecular weight is 275 g/mol. The molecule has 1 unspecified atom stereocenters. The summed E-state index contributed by atoms with van der Waals surface area (Å²) in [5.41, 5.74) is 2.63. The third-order valence-corrected chi connectivity index (χ3v) is 4.87. The van der Waals surface area contributed by atoms with Crippen molar-refractivity contribution in [2.45, 2.75) is 50.7 Å². The Morgan fingerprint density at radius 3 is 2.90 bits per heavy atom. The van der Waals surface area contributed by atoms with E-state index in [0.29, 0.717) is 6.04 Å². The predicted octanol–water partition coefficient (Wildman–Crippen LogP) is 3.37. The highest BCUT2D eigenvalue weighted by Crippen LogP contribution is 2.37. The number of hydrogen-bond acceptors (Lipinski definition) is 3. The van der Waals surface area contributed by atoms with Crippen LogP contribution in [0.2, 0.25) is 0 Å². The third-order valence-electron chi connectivity index (χ3n) is 4.87. The maximum absolute atomic E-state index is 5.94. The number of para-hydroxylation sites is 1. The molecule has 3 rings (SSSR count). The van der Waals surface area contributed by atoms with Crippen LogP contribution >= 0.6 is 0 Å². The molecule has 0 aromatic heterocycles. The molecular formula is C17H25NO2. The molecule has 1 atom stereocenters. The van der Waals surface area contributed by atoms with Gasteiger partial charge in [0, 0.05) is 25.3 Å². The van der Waals surface area contributed by atoms with Gasteiger partial charge in [-0.05, 0) is 44.6 Å². The van der Waals surface area contributed by atoms with Crippen LogP contribution in [-0.4, -0.2) is 25.9 Å². The molecule has 1 N–H and O–H groups in total. The van der Waals surface area contributed by atoms with E-state index in [1.165, 1.54) is 30.4 Å². The number of benzene rings is 1. The standard InChI is InChI=1S/C17H25NO2/c1-13-6-3-7-14-15(8-4-11-20-16(13)14)18-12-17(19-2)9-5-10-17/h3,6-7,15,18H,4-5,8-12H2,1-2H3. The molecule has 0 amide bonds. The first-order valence-corrected chi connectivity index (χ1v) is 7.75. The SMILES string of the molecule is COC1(CNC2CCCOc3c(C)cccc32)CCC1. The highest BCUT2D eigenvalue weighted by Gasteiger charge is 2.37. The normalized spacial score (nSPS) is 24.2. The first kappa shape index (κ1) is 13.9. The van der Waals surface area contributed by atoms with Crippen LogP contribution in [0.3, 0.4) is 0 Å². The van der Waals surface area contributed by atoms with Crippen molar-refractivity contribution in [1.82, 2.24) is 5.32 Å². The summed E-state index contributed by atoms with van der Waals surface area (Å²) in [6, 6.07) is 6.85. The topological polar surface area (TPSA) is 30.5 Å². The first-order valence-electron chi connectivity index (χ1n) is 7.75. The second-order valence-electron chi connectivity index (χ2n) is 6.16. The van der Waals surface area contributed by atoms with E-state index < -0.39 is 0 Å². The molecular weight excluding hydrogens is 250 g/mol. The predicted molar refractivity (Wildman–Crippen MR) is 80.2 cm³/mol. The molecule has 0 bridgehead atoms. The van der Waals surface area contributed by atoms with Gasteiger partial charge in [-0.25, -0.2) is 0 Å². The van der Waals surface area contributed by atoms with Gasteiger partial charge in [-0.15, -0.1) is 0 Å². The van der Waals surface area contributed by atoms with Crippen LogP contribution in [0.25, 0.3) is 0 Å². The summed E-state index contributed by atoms with van der Waals surface area (Å²) in [5.74, 6) is 1.09. The number of ether oxygens (including phenoxy) is 2. The van der Waals surface area contributed by atoms with Crippen LogP contribution < -0.4 is 10.1 Å². The number of nitrogens with one attached hydrogen (secondary N) is 1. The van der Waals surface area contributed by atoms with Crippen molar-refractivity contribution in [3.63, 3.8) is 0 Å². The van der Waals surface area contributed by atoms with Gasteiger partial charge in [0.1, 0.15) is 5.75 Å². The number of rotatable bonds is 4. The molecule has 1 aromatic carbocycles. The summed E-state index contributed by atoms with van der Waals surface area (Å²) in [7, 11) is 1.84. The van der Waals surface area contributed by atoms with Crippen molar-refractivity contribution >= 4 is 0 Å². The first-order chi connectivity index (χ1) is 9.74. The van der Waals surface area contributed by atoms with E-state index >= 15 is 0 Å². The van der Waals surface area contributed by atoms with E-state index in [4.69, 9.17) is 9.47 Å². The molecule has 0 saturated heterocycles. The second-order valence-corrected chi connectivity index (χ2v) is 6.16. The molecule has 1 aliphatic carbocycles. The smallest absolute Gasteiger partial charge is 0.126 e. The Morgan fingerprint density at radius 2 is 2.20 bits per heavy atom. The van der Waals surface area contributed by atoms with Crippen LogP contribution in [-0.2, 0) is 4.74 Å². The lowest BCUT2D eigenvalue weighted by Crippen LogP contribution is -2.48. The van der Waals surface area contributed by atoms with Crippen molar-refractivity contribution in [2.24, 2.45) is 0 Å². The molecule has 1 aliphatic heterocycles. The number of aryl methyl sites for hydroxylation is 1. The van der Waals surface area contributed by atoms with E-state index in [2.05, 4.69) is 30.4 Å². The lowest BCUT2D eigenvalue weighted by molar-refractivity contribution is -0.0710. The van der Waals surface area contributed by atoms with Crippen molar-refractivity contribution in [1.29, 1.82) is 0 Å². The molecule has 3 heteroatoms. The van der Waals surface area contributed by atoms with Crippen LogP contribution in [0.4, 0.5) is 0 Å². The highest BCUT2D eigenvalue weighted by molar-refractivity contribution is 5.43. The van der Waals surface area contributed by atoms with Gasteiger partial charge in [-0.1, -0.05) is 18.2 Å². The summed E-state index contributed by atoms with van der Waals surface area (Å²) in [6.45, 7) is 3.90. The van der Waals surface area contributed by atoms with Crippen molar-refractivity contribution in [3.05, 3.63) is 29.3 Å². The Bertz CT molecular complexity index is 463. The van der Waals surface area contributed by atoms with E-state index in [1.54, 1.807) is 0 Å². The Kier molecular flexibility index (Phi) is 3.99. The number of hydrogen-bond donors (Lipinski definition) is 1. The molecule has 110 valence electrons. The van der Waals surface area contributed by atoms with Crippen LogP contribution in [0, 0.1) is 6.92 Å². The lowest BCUT2D eigenvalue weighted by atomic mass is 9.79. The van der Waals surface area contributed by atoms with Gasteiger partial charge in [-0.3, -0.25) is 0 Å². The molecule has 1 fully saturated rings. The van der Waals surface area contributed by atoms with Crippen LogP contribution in [0.15, 0.2) is 18.2 Å². The fraction of sp³-hybridized carbons (Fsp3) is 0.647. The summed E-state index contributed by atoms with van der Waals surface area (Å²) >= 11 is 0. The van der Waals surface area contributed by atoms with Crippen molar-refractivity contribution in [3.8, 4) is 5.75 Å². The van der Waals surface area contributed by atoms with Gasteiger partial charge in [0.15, 0.2) is 0 Å². The molecule has 0 radical (unpaired) electrons. The van der Waals surface area contributed by atoms with Gasteiger partial charge >= 0.3 is 0 Å². The molecule has 2 aliphatic rings. The van der Waals surface area contributed by atoms with E-state index in [9.17, 15) is 0 Å². The average Bonchev–Trinajstić information content (AvgIpc) is 2.62. The molecule has 20 heavy (non-hydrogen) atoms. The lowest BCUT2D eigenvalue weighted by Gasteiger charge is -2.41. The Morgan fingerprint density at radius 1 is 1.35 bits per heavy atom. The maximum Gasteiger partial charge on any atom is 0.126 e. The van der Waals surface area contributed by atoms with E-state index in [1.807, 2.05) is 7.11 Å². The van der Waals surface area contributed by atoms with E-state index in [-0.39, 0.29) is 5.60 Å². The zero-order chi connectivity index (χ0) is 14.0. The van der Waals surface area contributed by atoms with Crippen molar-refractivity contribution in [2.75, 3.05) is 20.3 Å². The fourth-order valence-corrected chi connectivity index (χ4v) is 3.31. The molecule has 1 aromatic rings. The monoisotopic (exact) mass is 275 g/mol. The highest BCUT2D eigenvalue weighted by atomic mass is 16.5. The zero-order valence-corrected chi connectivity index (χ0v) is 12.6. The Hall–Kier alpha value is -1.06. The maximum atomic E-state index is 5.94. The molecule has 3 nitrogen and oxygen atoms in total. The Balaban J connectivity index is 1.75. The minimum Gasteiger partial charge on any atom is -0.493 e. The third kappa shape index (κ3) is 2.57. The summed E-state index contributed by atoms with van der Waals surface area (Å²) in [4.78, 5) is 0. The van der Waals surface area contributed by atoms with Gasteiger partial charge < -0.3 is 14.8 Å².